The Hall–Kier alpha value is -1.81. The number of hydrogen-bond acceptors (Lipinski definition) is 4. The fraction of sp³-hybridized carbons (Fsp3) is 0.250. The van der Waals surface area contributed by atoms with Crippen molar-refractivity contribution in [3.8, 4) is 11.7 Å². The summed E-state index contributed by atoms with van der Waals surface area (Å²) >= 11 is 0. The van der Waals surface area contributed by atoms with Crippen molar-refractivity contribution in [2.24, 2.45) is 5.73 Å². The summed E-state index contributed by atoms with van der Waals surface area (Å²) in [5, 5.41) is 0. The van der Waals surface area contributed by atoms with Gasteiger partial charge < -0.3 is 14.9 Å². The summed E-state index contributed by atoms with van der Waals surface area (Å²) in [6, 6.07) is 7.35. The van der Waals surface area contributed by atoms with Crippen LogP contribution in [0.1, 0.15) is 12.2 Å². The van der Waals surface area contributed by atoms with Gasteiger partial charge in [0.15, 0.2) is 0 Å². The maximum Gasteiger partial charge on any atom is 0.290 e. The summed E-state index contributed by atoms with van der Waals surface area (Å²) in [5.41, 5.74) is 5.43. The van der Waals surface area contributed by atoms with Gasteiger partial charge in [-0.15, -0.1) is 0 Å². The van der Waals surface area contributed by atoms with Crippen LogP contribution in [0.3, 0.4) is 0 Å². The summed E-state index contributed by atoms with van der Waals surface area (Å²) in [6.45, 7) is 0.666. The van der Waals surface area contributed by atoms with E-state index in [0.717, 1.165) is 18.6 Å². The minimum Gasteiger partial charge on any atom is -0.431 e. The van der Waals surface area contributed by atoms with Gasteiger partial charge in [-0.2, -0.15) is 0 Å². The molecule has 2 rings (SSSR count). The van der Waals surface area contributed by atoms with Crippen LogP contribution in [0.4, 0.5) is 0 Å². The molecule has 0 radical (unpaired) electrons. The molecule has 0 fully saturated rings. The molecular weight excluding hydrogens is 204 g/mol. The third-order valence-corrected chi connectivity index (χ3v) is 2.12. The monoisotopic (exact) mass is 218 g/mol. The number of hydrogen-bond donors (Lipinski definition) is 1. The molecule has 4 heteroatoms. The Bertz CT molecular complexity index is 426. The van der Waals surface area contributed by atoms with Gasteiger partial charge in [-0.3, -0.25) is 4.98 Å². The van der Waals surface area contributed by atoms with Gasteiger partial charge in [-0.25, -0.2) is 0 Å². The molecule has 0 aromatic carbocycles. The summed E-state index contributed by atoms with van der Waals surface area (Å²) in [7, 11) is 0. The summed E-state index contributed by atoms with van der Waals surface area (Å²) in [6.07, 6.45) is 5.09. The third-order valence-electron chi connectivity index (χ3n) is 2.12. The SMILES string of the molecule is NCCCc1ccc(Oc2cccnc2)o1. The normalized spacial score (nSPS) is 10.3. The van der Waals surface area contributed by atoms with Crippen molar-refractivity contribution in [1.29, 1.82) is 0 Å². The average Bonchev–Trinajstić information content (AvgIpc) is 2.75. The zero-order chi connectivity index (χ0) is 11.2. The standard InChI is InChI=1S/C12H14N2O2/c13-7-1-3-10-5-6-12(15-10)16-11-4-2-8-14-9-11/h2,4-6,8-9H,1,3,7,13H2. The highest BCUT2D eigenvalue weighted by molar-refractivity contribution is 5.22. The van der Waals surface area contributed by atoms with Crippen molar-refractivity contribution < 1.29 is 9.15 Å². The highest BCUT2D eigenvalue weighted by Gasteiger charge is 2.03. The number of rotatable bonds is 5. The maximum absolute atomic E-state index is 5.48. The first-order valence-electron chi connectivity index (χ1n) is 5.25. The van der Waals surface area contributed by atoms with E-state index in [1.165, 1.54) is 0 Å². The maximum atomic E-state index is 5.48. The summed E-state index contributed by atoms with van der Waals surface area (Å²) < 4.78 is 11.0. The fourth-order valence-electron chi connectivity index (χ4n) is 1.35. The second-order valence-corrected chi connectivity index (χ2v) is 3.40. The van der Waals surface area contributed by atoms with Crippen LogP contribution in [-0.4, -0.2) is 11.5 Å². The predicted molar refractivity (Wildman–Crippen MR) is 60.4 cm³/mol. The molecule has 4 nitrogen and oxygen atoms in total. The van der Waals surface area contributed by atoms with Crippen molar-refractivity contribution in [1.82, 2.24) is 4.98 Å². The Balaban J connectivity index is 1.97. The molecule has 0 bridgehead atoms. The van der Waals surface area contributed by atoms with E-state index < -0.39 is 0 Å². The van der Waals surface area contributed by atoms with Gasteiger partial charge in [0.2, 0.25) is 0 Å². The van der Waals surface area contributed by atoms with Crippen LogP contribution >= 0.6 is 0 Å². The number of ether oxygens (including phenoxy) is 1. The second-order valence-electron chi connectivity index (χ2n) is 3.40. The van der Waals surface area contributed by atoms with Gasteiger partial charge in [0.05, 0.1) is 6.20 Å². The first kappa shape index (κ1) is 10.7. The first-order chi connectivity index (χ1) is 7.88. The van der Waals surface area contributed by atoms with Crippen molar-refractivity contribution in [2.45, 2.75) is 12.8 Å². The minimum atomic E-state index is 0.486. The molecule has 0 aliphatic heterocycles. The number of furan rings is 1. The number of nitrogens with zero attached hydrogens (tertiary/aromatic N) is 1. The number of nitrogens with two attached hydrogens (primary N) is 1. The Kier molecular flexibility index (Phi) is 3.56. The van der Waals surface area contributed by atoms with Crippen LogP contribution in [0.5, 0.6) is 11.7 Å². The van der Waals surface area contributed by atoms with E-state index in [0.29, 0.717) is 18.2 Å². The minimum absolute atomic E-state index is 0.486. The van der Waals surface area contributed by atoms with Crippen molar-refractivity contribution in [3.05, 3.63) is 42.4 Å². The van der Waals surface area contributed by atoms with E-state index in [1.54, 1.807) is 18.5 Å². The molecule has 0 aliphatic carbocycles. The first-order valence-corrected chi connectivity index (χ1v) is 5.25. The van der Waals surface area contributed by atoms with Crippen LogP contribution in [0.25, 0.3) is 0 Å². The third kappa shape index (κ3) is 2.84. The Morgan fingerprint density at radius 2 is 2.25 bits per heavy atom. The molecule has 2 aromatic rings. The van der Waals surface area contributed by atoms with E-state index >= 15 is 0 Å². The lowest BCUT2D eigenvalue weighted by Gasteiger charge is -2.00. The molecule has 0 atom stereocenters. The second kappa shape index (κ2) is 5.32. The molecule has 16 heavy (non-hydrogen) atoms. The molecule has 0 saturated heterocycles. The van der Waals surface area contributed by atoms with E-state index in [9.17, 15) is 0 Å². The van der Waals surface area contributed by atoms with Gasteiger partial charge in [-0.05, 0) is 31.2 Å². The lowest BCUT2D eigenvalue weighted by molar-refractivity contribution is 0.330. The van der Waals surface area contributed by atoms with Gasteiger partial charge >= 0.3 is 0 Å². The van der Waals surface area contributed by atoms with Crippen molar-refractivity contribution in [2.75, 3.05) is 6.54 Å². The molecule has 2 aromatic heterocycles. The van der Waals surface area contributed by atoms with E-state index in [4.69, 9.17) is 14.9 Å². The average molecular weight is 218 g/mol. The highest BCUT2D eigenvalue weighted by Crippen LogP contribution is 2.23. The fourth-order valence-corrected chi connectivity index (χ4v) is 1.35. The summed E-state index contributed by atoms with van der Waals surface area (Å²) in [4.78, 5) is 3.95. The van der Waals surface area contributed by atoms with Crippen molar-refractivity contribution >= 4 is 0 Å². The van der Waals surface area contributed by atoms with Gasteiger partial charge in [-0.1, -0.05) is 0 Å². The molecule has 0 spiro atoms. The smallest absolute Gasteiger partial charge is 0.290 e. The molecule has 0 aliphatic rings. The largest absolute Gasteiger partial charge is 0.431 e. The molecule has 2 N–H and O–H groups in total. The predicted octanol–water partition coefficient (Wildman–Crippen LogP) is 2.36. The zero-order valence-electron chi connectivity index (χ0n) is 8.93. The van der Waals surface area contributed by atoms with E-state index in [1.807, 2.05) is 18.2 Å². The Morgan fingerprint density at radius 1 is 1.31 bits per heavy atom. The Morgan fingerprint density at radius 3 is 3.00 bits per heavy atom. The van der Waals surface area contributed by atoms with Crippen LogP contribution < -0.4 is 10.5 Å². The van der Waals surface area contributed by atoms with Crippen LogP contribution in [0.15, 0.2) is 41.1 Å². The number of aryl methyl sites for hydroxylation is 1. The zero-order valence-corrected chi connectivity index (χ0v) is 8.93. The molecule has 2 heterocycles. The quantitative estimate of drug-likeness (QED) is 0.836. The van der Waals surface area contributed by atoms with Crippen LogP contribution in [0, 0.1) is 0 Å². The molecule has 0 unspecified atom stereocenters. The lowest BCUT2D eigenvalue weighted by Crippen LogP contribution is -1.99. The molecule has 0 amide bonds. The Labute approximate surface area is 94.1 Å². The number of pyridine rings is 1. The molecule has 0 saturated carbocycles. The van der Waals surface area contributed by atoms with Gasteiger partial charge in [0.25, 0.3) is 5.95 Å². The lowest BCUT2D eigenvalue weighted by atomic mass is 10.2. The van der Waals surface area contributed by atoms with Gasteiger partial charge in [0, 0.05) is 18.7 Å². The van der Waals surface area contributed by atoms with Crippen LogP contribution in [0.2, 0.25) is 0 Å². The topological polar surface area (TPSA) is 61.3 Å². The van der Waals surface area contributed by atoms with Crippen LogP contribution in [-0.2, 0) is 6.42 Å². The summed E-state index contributed by atoms with van der Waals surface area (Å²) in [5.74, 6) is 2.05. The van der Waals surface area contributed by atoms with Crippen molar-refractivity contribution in [3.63, 3.8) is 0 Å². The van der Waals surface area contributed by atoms with E-state index in [2.05, 4.69) is 4.98 Å². The molecular formula is C12H14N2O2. The van der Waals surface area contributed by atoms with E-state index in [-0.39, 0.29) is 0 Å². The highest BCUT2D eigenvalue weighted by atomic mass is 16.6. The molecule has 84 valence electrons. The van der Waals surface area contributed by atoms with Gasteiger partial charge in [0.1, 0.15) is 11.5 Å². The number of aromatic nitrogens is 1.